The summed E-state index contributed by atoms with van der Waals surface area (Å²) in [5.74, 6) is -1.33. The summed E-state index contributed by atoms with van der Waals surface area (Å²) in [7, 11) is 0. The zero-order valence-electron chi connectivity index (χ0n) is 22.6. The minimum atomic E-state index is -1.23. The highest BCUT2D eigenvalue weighted by Crippen LogP contribution is 2.51. The van der Waals surface area contributed by atoms with E-state index in [1.165, 1.54) is 0 Å². The van der Waals surface area contributed by atoms with Gasteiger partial charge in [0.05, 0.1) is 12.1 Å². The molecule has 0 aliphatic heterocycles. The zero-order valence-corrected chi connectivity index (χ0v) is 22.6. The number of fused-ring (bicyclic) bond motifs is 1. The molecule has 0 saturated heterocycles. The van der Waals surface area contributed by atoms with E-state index in [0.29, 0.717) is 17.0 Å². The Bertz CT molecular complexity index is 1540. The lowest BCUT2D eigenvalue weighted by Crippen LogP contribution is -2.49. The van der Waals surface area contributed by atoms with Crippen molar-refractivity contribution in [2.24, 2.45) is 0 Å². The number of halogens is 2. The molecule has 10 heteroatoms. The number of nitrogens with zero attached hydrogens (tertiary/aromatic N) is 3. The Balaban J connectivity index is 1.42. The maximum absolute atomic E-state index is 14.5. The largest absolute Gasteiger partial charge is 0.444 e. The molecule has 2 N–H and O–H groups in total. The van der Waals surface area contributed by atoms with Crippen LogP contribution in [0.4, 0.5) is 13.6 Å². The molecule has 4 aromatic rings. The molecule has 1 aliphatic rings. The van der Waals surface area contributed by atoms with Gasteiger partial charge < -0.3 is 19.9 Å². The molecule has 5 rings (SSSR count). The normalized spacial score (nSPS) is 14.9. The fourth-order valence-electron chi connectivity index (χ4n) is 4.90. The lowest BCUT2D eigenvalue weighted by Gasteiger charge is -2.24. The van der Waals surface area contributed by atoms with Gasteiger partial charge in [0.2, 0.25) is 5.91 Å². The van der Waals surface area contributed by atoms with E-state index in [0.717, 1.165) is 36.6 Å². The second-order valence-electron chi connectivity index (χ2n) is 11.0. The van der Waals surface area contributed by atoms with E-state index in [1.54, 1.807) is 33.0 Å². The highest BCUT2D eigenvalue weighted by Gasteiger charge is 2.48. The van der Waals surface area contributed by atoms with Crippen molar-refractivity contribution in [3.63, 3.8) is 0 Å². The van der Waals surface area contributed by atoms with E-state index in [1.807, 2.05) is 24.3 Å². The molecule has 1 aliphatic carbocycles. The number of rotatable bonds is 8. The van der Waals surface area contributed by atoms with Crippen LogP contribution in [0.3, 0.4) is 0 Å². The van der Waals surface area contributed by atoms with Crippen molar-refractivity contribution in [2.75, 3.05) is 0 Å². The highest BCUT2D eigenvalue weighted by molar-refractivity contribution is 5.86. The van der Waals surface area contributed by atoms with Crippen LogP contribution in [-0.4, -0.2) is 38.2 Å². The van der Waals surface area contributed by atoms with Crippen LogP contribution in [0.1, 0.15) is 50.6 Å². The summed E-state index contributed by atoms with van der Waals surface area (Å²) in [6.07, 6.45) is 2.37. The lowest BCUT2D eigenvalue weighted by molar-refractivity contribution is -0.123. The van der Waals surface area contributed by atoms with Gasteiger partial charge in [0, 0.05) is 12.6 Å². The summed E-state index contributed by atoms with van der Waals surface area (Å²) < 4.78 is 35.7. The number of carbonyl (C=O) groups is 2. The number of ether oxygens (including phenoxy) is 1. The van der Waals surface area contributed by atoms with Crippen LogP contribution in [0.15, 0.2) is 66.9 Å². The first-order chi connectivity index (χ1) is 19.1. The van der Waals surface area contributed by atoms with E-state index in [-0.39, 0.29) is 24.1 Å². The van der Waals surface area contributed by atoms with Gasteiger partial charge in [-0.15, -0.1) is 0 Å². The molecule has 40 heavy (non-hydrogen) atoms. The Morgan fingerprint density at radius 3 is 2.52 bits per heavy atom. The fraction of sp³-hybridized carbons (Fsp3) is 0.333. The van der Waals surface area contributed by atoms with Crippen LogP contribution in [0.5, 0.6) is 0 Å². The zero-order chi connectivity index (χ0) is 28.5. The summed E-state index contributed by atoms with van der Waals surface area (Å²) in [5.41, 5.74) is 1.33. The topological polar surface area (TPSA) is 98.1 Å². The van der Waals surface area contributed by atoms with E-state index >= 15 is 0 Å². The third kappa shape index (κ3) is 5.80. The molecule has 0 spiro atoms. The SMILES string of the molecule is CC(C)(C)OC(=O)N[C@H](Cc1cc(F)ccc1F)C(=O)NCc1nc2cccnc2n1C1(c2ccccc2)CC1. The molecular formula is C30H31F2N5O3. The van der Waals surface area contributed by atoms with Gasteiger partial charge in [-0.1, -0.05) is 30.3 Å². The number of alkyl carbamates (subject to hydrolysis) is 1. The Morgan fingerprint density at radius 2 is 1.82 bits per heavy atom. The second-order valence-corrected chi connectivity index (χ2v) is 11.0. The second kappa shape index (κ2) is 10.7. The predicted octanol–water partition coefficient (Wildman–Crippen LogP) is 5.00. The first-order valence-corrected chi connectivity index (χ1v) is 13.2. The Hall–Kier alpha value is -4.34. The summed E-state index contributed by atoms with van der Waals surface area (Å²) in [5, 5.41) is 5.35. The monoisotopic (exact) mass is 547 g/mol. The summed E-state index contributed by atoms with van der Waals surface area (Å²) >= 11 is 0. The van der Waals surface area contributed by atoms with Crippen LogP contribution in [0, 0.1) is 11.6 Å². The molecule has 1 atom stereocenters. The predicted molar refractivity (Wildman–Crippen MR) is 145 cm³/mol. The van der Waals surface area contributed by atoms with Crippen LogP contribution < -0.4 is 10.6 Å². The van der Waals surface area contributed by atoms with E-state index < -0.39 is 35.3 Å². The summed E-state index contributed by atoms with van der Waals surface area (Å²) in [6.45, 7) is 5.09. The molecule has 2 aromatic carbocycles. The number of aromatic nitrogens is 3. The average molecular weight is 548 g/mol. The third-order valence-corrected chi connectivity index (χ3v) is 6.81. The maximum Gasteiger partial charge on any atom is 0.408 e. The molecule has 2 aromatic heterocycles. The van der Waals surface area contributed by atoms with Crippen LogP contribution in [0.25, 0.3) is 11.2 Å². The van der Waals surface area contributed by atoms with Crippen molar-refractivity contribution in [2.45, 2.75) is 63.8 Å². The number of hydrogen-bond donors (Lipinski definition) is 2. The molecule has 8 nitrogen and oxygen atoms in total. The highest BCUT2D eigenvalue weighted by atomic mass is 19.1. The smallest absolute Gasteiger partial charge is 0.408 e. The molecule has 1 saturated carbocycles. The minimum Gasteiger partial charge on any atom is -0.444 e. The number of nitrogens with one attached hydrogen (secondary N) is 2. The lowest BCUT2D eigenvalue weighted by atomic mass is 10.0. The average Bonchev–Trinajstić information content (AvgIpc) is 3.62. The first-order valence-electron chi connectivity index (χ1n) is 13.2. The van der Waals surface area contributed by atoms with Gasteiger partial charge in [0.25, 0.3) is 0 Å². The molecule has 1 fully saturated rings. The van der Waals surface area contributed by atoms with Gasteiger partial charge >= 0.3 is 6.09 Å². The van der Waals surface area contributed by atoms with Crippen molar-refractivity contribution in [1.82, 2.24) is 25.2 Å². The number of imidazole rings is 1. The number of hydrogen-bond acceptors (Lipinski definition) is 5. The van der Waals surface area contributed by atoms with Gasteiger partial charge in [-0.05, 0) is 75.1 Å². The van der Waals surface area contributed by atoms with Gasteiger partial charge in [0.15, 0.2) is 5.65 Å². The minimum absolute atomic E-state index is 0.0297. The molecule has 208 valence electrons. The number of amides is 2. The molecular weight excluding hydrogens is 516 g/mol. The first kappa shape index (κ1) is 27.2. The Morgan fingerprint density at radius 1 is 1.07 bits per heavy atom. The molecule has 2 amide bonds. The van der Waals surface area contributed by atoms with Crippen molar-refractivity contribution < 1.29 is 23.1 Å². The van der Waals surface area contributed by atoms with Gasteiger partial charge in [-0.2, -0.15) is 0 Å². The number of carbonyl (C=O) groups excluding carboxylic acids is 2. The van der Waals surface area contributed by atoms with Gasteiger partial charge in [0.1, 0.15) is 34.6 Å². The van der Waals surface area contributed by atoms with Gasteiger partial charge in [-0.3, -0.25) is 4.79 Å². The summed E-state index contributed by atoms with van der Waals surface area (Å²) in [6, 6.07) is 15.5. The van der Waals surface area contributed by atoms with E-state index in [4.69, 9.17) is 9.72 Å². The standard InChI is InChI=1S/C30H31F2N5O3/c1-29(2,3)40-28(39)36-24(17-19-16-21(31)11-12-22(19)32)27(38)34-18-25-35-23-10-7-15-33-26(23)37(25)30(13-14-30)20-8-5-4-6-9-20/h4-12,15-16,24H,13-14,17-18H2,1-3H3,(H,34,38)(H,36,39)/t24-/m1/s1. The van der Waals surface area contributed by atoms with Crippen molar-refractivity contribution >= 4 is 23.2 Å². The summed E-state index contributed by atoms with van der Waals surface area (Å²) in [4.78, 5) is 35.3. The molecule has 0 radical (unpaired) electrons. The Labute approximate surface area is 230 Å². The van der Waals surface area contributed by atoms with Crippen molar-refractivity contribution in [3.8, 4) is 0 Å². The Kier molecular flexibility index (Phi) is 7.27. The quantitative estimate of drug-likeness (QED) is 0.324. The van der Waals surface area contributed by atoms with Crippen molar-refractivity contribution in [1.29, 1.82) is 0 Å². The molecule has 2 heterocycles. The number of pyridine rings is 1. The van der Waals surface area contributed by atoms with E-state index in [2.05, 4.69) is 32.3 Å². The third-order valence-electron chi connectivity index (χ3n) is 6.81. The maximum atomic E-state index is 14.5. The fourth-order valence-corrected chi connectivity index (χ4v) is 4.90. The molecule has 0 unspecified atom stereocenters. The number of benzene rings is 2. The van der Waals surface area contributed by atoms with Crippen LogP contribution in [-0.2, 0) is 28.0 Å². The van der Waals surface area contributed by atoms with Gasteiger partial charge in [-0.25, -0.2) is 23.5 Å². The van der Waals surface area contributed by atoms with Crippen molar-refractivity contribution in [3.05, 3.63) is 95.4 Å². The van der Waals surface area contributed by atoms with E-state index in [9.17, 15) is 18.4 Å². The van der Waals surface area contributed by atoms with Crippen LogP contribution in [0.2, 0.25) is 0 Å². The van der Waals surface area contributed by atoms with Crippen LogP contribution >= 0.6 is 0 Å². The molecule has 0 bridgehead atoms.